The van der Waals surface area contributed by atoms with Crippen molar-refractivity contribution in [3.05, 3.63) is 74.0 Å². The number of hydrogen-bond donors (Lipinski definition) is 2. The van der Waals surface area contributed by atoms with Crippen molar-refractivity contribution in [2.45, 2.75) is 25.3 Å². The normalized spacial score (nSPS) is 18.3. The van der Waals surface area contributed by atoms with E-state index in [2.05, 4.69) is 41.5 Å². The third kappa shape index (κ3) is 7.96. The fraction of sp³-hybridized carbons (Fsp3) is 0.320. The highest BCUT2D eigenvalue weighted by atomic mass is 79.9. The number of amidine groups is 1. The minimum absolute atomic E-state index is 0.0241. The zero-order valence-electron chi connectivity index (χ0n) is 21.1. The van der Waals surface area contributed by atoms with E-state index in [-0.39, 0.29) is 31.1 Å². The van der Waals surface area contributed by atoms with Gasteiger partial charge in [-0.05, 0) is 25.1 Å². The van der Waals surface area contributed by atoms with Gasteiger partial charge in [0.2, 0.25) is 5.91 Å². The summed E-state index contributed by atoms with van der Waals surface area (Å²) in [6, 6.07) is 5.17. The van der Waals surface area contributed by atoms with Crippen molar-refractivity contribution in [2.75, 3.05) is 31.6 Å². The van der Waals surface area contributed by atoms with E-state index in [1.165, 1.54) is 45.9 Å². The number of rotatable bonds is 7. The first kappa shape index (κ1) is 29.8. The number of halogens is 4. The quantitative estimate of drug-likeness (QED) is 0.355. The predicted octanol–water partition coefficient (Wildman–Crippen LogP) is 4.70. The number of aliphatic imine (C=N–C) groups is 1. The van der Waals surface area contributed by atoms with Crippen LogP contribution in [0.4, 0.5) is 18.3 Å². The molecule has 1 atom stereocenters. The van der Waals surface area contributed by atoms with Gasteiger partial charge in [0.05, 0.1) is 31.3 Å². The molecule has 1 saturated heterocycles. The Morgan fingerprint density at radius 1 is 1.25 bits per heavy atom. The molecule has 2 aromatic heterocycles. The Labute approximate surface area is 244 Å². The molecule has 2 aliphatic rings. The molecule has 0 aliphatic carbocycles. The zero-order chi connectivity index (χ0) is 28.7. The smallest absolute Gasteiger partial charge is 0.337 e. The van der Waals surface area contributed by atoms with Crippen LogP contribution in [0.1, 0.15) is 18.4 Å². The number of likely N-dealkylation sites (tertiary alicyclic amines) is 1. The van der Waals surface area contributed by atoms with Gasteiger partial charge in [-0.3, -0.25) is 14.7 Å². The minimum atomic E-state index is -3.05. The van der Waals surface area contributed by atoms with Gasteiger partial charge in [-0.25, -0.2) is 27.9 Å². The second-order valence-electron chi connectivity index (χ2n) is 8.55. The molecule has 1 unspecified atom stereocenters. The number of ether oxygens (including phenoxy) is 1. The third-order valence-electron chi connectivity index (χ3n) is 5.67. The van der Waals surface area contributed by atoms with Crippen molar-refractivity contribution in [3.8, 4) is 0 Å². The molecule has 1 amide bonds. The maximum absolute atomic E-state index is 14.3. The van der Waals surface area contributed by atoms with Crippen LogP contribution < -0.4 is 10.6 Å². The van der Waals surface area contributed by atoms with Crippen LogP contribution in [-0.4, -0.2) is 70.8 Å². The molecule has 0 radical (unpaired) electrons. The van der Waals surface area contributed by atoms with Crippen LogP contribution >= 0.6 is 38.6 Å². The number of nitrogens with one attached hydrogen (secondary N) is 2. The Balaban J connectivity index is 0.000000398. The Bertz CT molecular complexity index is 1370. The first-order chi connectivity index (χ1) is 19.1. The molecule has 0 bridgehead atoms. The van der Waals surface area contributed by atoms with Crippen LogP contribution in [0.3, 0.4) is 0 Å². The molecular weight excluding hydrogens is 633 g/mol. The van der Waals surface area contributed by atoms with E-state index in [0.29, 0.717) is 21.7 Å². The molecule has 40 heavy (non-hydrogen) atoms. The highest BCUT2D eigenvalue weighted by molar-refractivity contribution is 9.10. The molecular formula is C25H24BrF3N6O3S2. The molecule has 9 nitrogen and oxygen atoms in total. The lowest BCUT2D eigenvalue weighted by molar-refractivity contribution is -0.138. The fourth-order valence-electron chi connectivity index (χ4n) is 3.96. The van der Waals surface area contributed by atoms with Crippen molar-refractivity contribution >= 4 is 61.4 Å². The predicted molar refractivity (Wildman–Crippen MR) is 150 cm³/mol. The van der Waals surface area contributed by atoms with E-state index in [4.69, 9.17) is 4.74 Å². The molecule has 2 N–H and O–H groups in total. The summed E-state index contributed by atoms with van der Waals surface area (Å²) in [5, 5.41) is 10.0. The lowest BCUT2D eigenvalue weighted by atomic mass is 10.1. The van der Waals surface area contributed by atoms with E-state index >= 15 is 0 Å². The zero-order valence-corrected chi connectivity index (χ0v) is 24.3. The summed E-state index contributed by atoms with van der Waals surface area (Å²) in [4.78, 5) is 39.1. The molecule has 0 saturated carbocycles. The Hall–Kier alpha value is -3.14. The number of benzene rings is 1. The molecule has 3 aromatic rings. The van der Waals surface area contributed by atoms with Gasteiger partial charge in [-0.15, -0.1) is 22.7 Å². The molecule has 212 valence electrons. The van der Waals surface area contributed by atoms with Crippen molar-refractivity contribution in [3.63, 3.8) is 0 Å². The number of esters is 1. The minimum Gasteiger partial charge on any atom is -0.463 e. The summed E-state index contributed by atoms with van der Waals surface area (Å²) in [7, 11) is 0. The van der Waals surface area contributed by atoms with Gasteiger partial charge in [-0.2, -0.15) is 0 Å². The summed E-state index contributed by atoms with van der Waals surface area (Å²) < 4.78 is 46.7. The average Bonchev–Trinajstić information content (AvgIpc) is 3.66. The van der Waals surface area contributed by atoms with Gasteiger partial charge in [0.25, 0.3) is 5.92 Å². The second-order valence-corrected chi connectivity index (χ2v) is 11.3. The molecule has 0 spiro atoms. The Kier molecular flexibility index (Phi) is 10.1. The topological polar surface area (TPSA) is 109 Å². The number of carbonyl (C=O) groups excluding carboxylic acids is 2. The van der Waals surface area contributed by atoms with Crippen LogP contribution in [0.25, 0.3) is 0 Å². The molecule has 15 heteroatoms. The summed E-state index contributed by atoms with van der Waals surface area (Å²) in [5.41, 5.74) is 0.606. The lowest BCUT2D eigenvalue weighted by Crippen LogP contribution is -2.44. The van der Waals surface area contributed by atoms with Gasteiger partial charge in [0, 0.05) is 46.3 Å². The average molecular weight is 658 g/mol. The first-order valence-electron chi connectivity index (χ1n) is 12.0. The first-order valence-corrected chi connectivity index (χ1v) is 14.5. The van der Waals surface area contributed by atoms with Gasteiger partial charge in [0.15, 0.2) is 16.0 Å². The number of thiazole rings is 2. The molecule has 5 rings (SSSR count). The van der Waals surface area contributed by atoms with Crippen LogP contribution in [0, 0.1) is 5.82 Å². The van der Waals surface area contributed by atoms with E-state index in [0.717, 1.165) is 4.47 Å². The maximum Gasteiger partial charge on any atom is 0.337 e. The summed E-state index contributed by atoms with van der Waals surface area (Å²) in [6.45, 7) is 1.17. The van der Waals surface area contributed by atoms with Crippen molar-refractivity contribution in [2.24, 2.45) is 4.99 Å². The monoisotopic (exact) mass is 656 g/mol. The standard InChI is InChI=1S/C19H20F2N6O3S2.C6H4BrF/c1-2-30-17(29)11-8-24-14(16-22-3-5-31-16)25-12(11)9-27-10-19(20,21)7-13(27)15(28)26-18-23-4-6-32-18;7-5-2-1-3-6(8)4-5/h3-6,13H,2,7-10H2,1H3,(H,24,25)(H,23,26,28);1-4H. The van der Waals surface area contributed by atoms with Gasteiger partial charge >= 0.3 is 5.97 Å². The Morgan fingerprint density at radius 2 is 2.02 bits per heavy atom. The SMILES string of the molecule is CCOC(=O)C1=C(CN2CC(F)(F)CC2C(=O)Nc2nccs2)NC(c2nccs2)=NC1.Fc1cccc(Br)c1. The largest absolute Gasteiger partial charge is 0.463 e. The number of hydrogen-bond acceptors (Lipinski definition) is 10. The number of amides is 1. The molecule has 1 aromatic carbocycles. The van der Waals surface area contributed by atoms with Crippen molar-refractivity contribution in [1.82, 2.24) is 20.2 Å². The van der Waals surface area contributed by atoms with E-state index in [1.807, 2.05) is 0 Å². The lowest BCUT2D eigenvalue weighted by Gasteiger charge is -2.27. The van der Waals surface area contributed by atoms with E-state index in [1.54, 1.807) is 36.0 Å². The number of alkyl halides is 2. The number of anilines is 1. The molecule has 1 fully saturated rings. The van der Waals surface area contributed by atoms with Crippen LogP contribution in [0.15, 0.2) is 68.2 Å². The van der Waals surface area contributed by atoms with Gasteiger partial charge in [0.1, 0.15) is 5.82 Å². The van der Waals surface area contributed by atoms with E-state index in [9.17, 15) is 22.8 Å². The summed E-state index contributed by atoms with van der Waals surface area (Å²) >= 11 is 5.68. The van der Waals surface area contributed by atoms with Crippen LogP contribution in [-0.2, 0) is 14.3 Å². The van der Waals surface area contributed by atoms with Crippen LogP contribution in [0.2, 0.25) is 0 Å². The highest BCUT2D eigenvalue weighted by Gasteiger charge is 2.48. The molecule has 2 aliphatic heterocycles. The van der Waals surface area contributed by atoms with Gasteiger partial charge < -0.3 is 15.4 Å². The van der Waals surface area contributed by atoms with Crippen molar-refractivity contribution in [1.29, 1.82) is 0 Å². The summed E-state index contributed by atoms with van der Waals surface area (Å²) in [5.74, 6) is -3.96. The number of nitrogens with zero attached hydrogens (tertiary/aromatic N) is 4. The van der Waals surface area contributed by atoms with Crippen molar-refractivity contribution < 1.29 is 27.5 Å². The van der Waals surface area contributed by atoms with Crippen LogP contribution in [0.5, 0.6) is 0 Å². The van der Waals surface area contributed by atoms with E-state index < -0.39 is 36.8 Å². The highest BCUT2D eigenvalue weighted by Crippen LogP contribution is 2.33. The maximum atomic E-state index is 14.3. The second kappa shape index (κ2) is 13.5. The Morgan fingerprint density at radius 3 is 2.65 bits per heavy atom. The number of carbonyl (C=O) groups is 2. The van der Waals surface area contributed by atoms with Gasteiger partial charge in [-0.1, -0.05) is 22.0 Å². The third-order valence-corrected chi connectivity index (χ3v) is 7.63. The molecule has 4 heterocycles. The fourth-order valence-corrected chi connectivity index (χ4v) is 5.46. The number of aromatic nitrogens is 2. The summed E-state index contributed by atoms with van der Waals surface area (Å²) in [6.07, 6.45) is 2.51.